The lowest BCUT2D eigenvalue weighted by Gasteiger charge is -2.38. The molecule has 1 amide bonds. The van der Waals surface area contributed by atoms with Crippen molar-refractivity contribution in [2.45, 2.75) is 44.3 Å². The molecule has 1 aliphatic heterocycles. The van der Waals surface area contributed by atoms with Crippen LogP contribution in [0.1, 0.15) is 31.2 Å². The first-order valence-corrected chi connectivity index (χ1v) is 7.62. The van der Waals surface area contributed by atoms with E-state index in [1.807, 2.05) is 12.1 Å². The van der Waals surface area contributed by atoms with Crippen LogP contribution in [0.5, 0.6) is 0 Å². The third kappa shape index (κ3) is 3.35. The van der Waals surface area contributed by atoms with Gasteiger partial charge in [-0.05, 0) is 31.7 Å². The summed E-state index contributed by atoms with van der Waals surface area (Å²) >= 11 is 0. The number of piperidine rings is 1. The summed E-state index contributed by atoms with van der Waals surface area (Å²) in [6.07, 6.45) is 3.20. The Balaban J connectivity index is 1.66. The number of hydrogen-bond acceptors (Lipinski definition) is 2. The van der Waals surface area contributed by atoms with E-state index in [1.165, 1.54) is 23.8 Å². The smallest absolute Gasteiger partial charge is 0.407 e. The minimum Gasteiger partial charge on any atom is -0.465 e. The van der Waals surface area contributed by atoms with Gasteiger partial charge in [0.15, 0.2) is 0 Å². The number of benzene rings is 1. The molecule has 0 spiro atoms. The number of likely N-dealkylation sites (tertiary alicyclic amines) is 1. The Hall–Kier alpha value is -1.62. The monoisotopic (exact) mass is 292 g/mol. The summed E-state index contributed by atoms with van der Waals surface area (Å²) in [7, 11) is 0. The van der Waals surface area contributed by atoms with Crippen LogP contribution in [-0.2, 0) is 6.54 Å². The van der Waals surface area contributed by atoms with Gasteiger partial charge in [0.05, 0.1) is 0 Å². The van der Waals surface area contributed by atoms with Crippen LogP contribution in [0.25, 0.3) is 0 Å². The van der Waals surface area contributed by atoms with Crippen LogP contribution < -0.4 is 0 Å². The van der Waals surface area contributed by atoms with Gasteiger partial charge in [-0.15, -0.1) is 0 Å². The first-order chi connectivity index (χ1) is 10.1. The zero-order chi connectivity index (χ0) is 14.8. The average Bonchev–Trinajstić information content (AvgIpc) is 3.31. The van der Waals surface area contributed by atoms with E-state index in [0.717, 1.165) is 18.4 Å². The highest BCUT2D eigenvalue weighted by Gasteiger charge is 2.36. The Morgan fingerprint density at radius 1 is 1.19 bits per heavy atom. The largest absolute Gasteiger partial charge is 0.465 e. The van der Waals surface area contributed by atoms with Crippen molar-refractivity contribution >= 4 is 6.09 Å². The summed E-state index contributed by atoms with van der Waals surface area (Å²) in [6.45, 7) is 1.80. The Morgan fingerprint density at radius 2 is 1.81 bits per heavy atom. The van der Waals surface area contributed by atoms with Crippen LogP contribution in [0.4, 0.5) is 9.18 Å². The van der Waals surface area contributed by atoms with Crippen molar-refractivity contribution in [3.05, 3.63) is 35.6 Å². The number of halogens is 1. The van der Waals surface area contributed by atoms with E-state index >= 15 is 0 Å². The van der Waals surface area contributed by atoms with E-state index in [9.17, 15) is 9.18 Å². The maximum Gasteiger partial charge on any atom is 0.407 e. The zero-order valence-electron chi connectivity index (χ0n) is 12.0. The van der Waals surface area contributed by atoms with E-state index in [-0.39, 0.29) is 5.82 Å². The van der Waals surface area contributed by atoms with Crippen molar-refractivity contribution in [1.29, 1.82) is 0 Å². The molecule has 0 bridgehead atoms. The molecule has 1 aromatic carbocycles. The number of hydrogen-bond donors (Lipinski definition) is 1. The van der Waals surface area contributed by atoms with Gasteiger partial charge in [-0.25, -0.2) is 9.18 Å². The van der Waals surface area contributed by atoms with Crippen LogP contribution in [0.15, 0.2) is 24.3 Å². The van der Waals surface area contributed by atoms with E-state index in [1.54, 1.807) is 6.07 Å². The van der Waals surface area contributed by atoms with Crippen molar-refractivity contribution in [3.8, 4) is 0 Å². The van der Waals surface area contributed by atoms with Crippen molar-refractivity contribution in [2.24, 2.45) is 0 Å². The van der Waals surface area contributed by atoms with E-state index in [4.69, 9.17) is 5.11 Å². The van der Waals surface area contributed by atoms with Crippen LogP contribution in [0.2, 0.25) is 0 Å². The first kappa shape index (κ1) is 14.3. The van der Waals surface area contributed by atoms with Crippen molar-refractivity contribution in [3.63, 3.8) is 0 Å². The summed E-state index contributed by atoms with van der Waals surface area (Å²) < 4.78 is 13.9. The molecule has 0 atom stereocenters. The Labute approximate surface area is 124 Å². The fraction of sp³-hybridized carbons (Fsp3) is 0.562. The van der Waals surface area contributed by atoms with Crippen LogP contribution >= 0.6 is 0 Å². The van der Waals surface area contributed by atoms with E-state index in [0.29, 0.717) is 31.7 Å². The first-order valence-electron chi connectivity index (χ1n) is 7.62. The maximum absolute atomic E-state index is 13.9. The van der Waals surface area contributed by atoms with Gasteiger partial charge < -0.3 is 10.0 Å². The predicted molar refractivity (Wildman–Crippen MR) is 77.6 cm³/mol. The fourth-order valence-electron chi connectivity index (χ4n) is 3.17. The van der Waals surface area contributed by atoms with Crippen molar-refractivity contribution in [1.82, 2.24) is 9.80 Å². The molecule has 1 heterocycles. The van der Waals surface area contributed by atoms with Gasteiger partial charge in [0.2, 0.25) is 0 Å². The second-order valence-electron chi connectivity index (χ2n) is 6.00. The van der Waals surface area contributed by atoms with E-state index < -0.39 is 6.09 Å². The Bertz CT molecular complexity index is 511. The number of rotatable bonds is 4. The SMILES string of the molecule is O=C(O)N1CCC(N(Cc2ccccc2F)C2CC2)CC1. The number of carboxylic acid groups (broad SMARTS) is 1. The summed E-state index contributed by atoms with van der Waals surface area (Å²) in [5.41, 5.74) is 0.741. The molecule has 4 nitrogen and oxygen atoms in total. The Kier molecular flexibility index (Phi) is 4.10. The molecule has 0 unspecified atom stereocenters. The molecule has 1 saturated heterocycles. The maximum atomic E-state index is 13.9. The second-order valence-corrected chi connectivity index (χ2v) is 6.00. The van der Waals surface area contributed by atoms with Gasteiger partial charge in [-0.2, -0.15) is 0 Å². The summed E-state index contributed by atoms with van der Waals surface area (Å²) in [4.78, 5) is 14.8. The normalized spacial score (nSPS) is 20.0. The summed E-state index contributed by atoms with van der Waals surface area (Å²) in [5, 5.41) is 9.02. The third-order valence-electron chi connectivity index (χ3n) is 4.53. The molecule has 21 heavy (non-hydrogen) atoms. The van der Waals surface area contributed by atoms with Gasteiger partial charge in [0, 0.05) is 37.3 Å². The molecule has 1 aromatic rings. The van der Waals surface area contributed by atoms with Gasteiger partial charge in [-0.3, -0.25) is 4.90 Å². The number of nitrogens with zero attached hydrogens (tertiary/aromatic N) is 2. The minimum absolute atomic E-state index is 0.147. The lowest BCUT2D eigenvalue weighted by atomic mass is 10.0. The van der Waals surface area contributed by atoms with Crippen molar-refractivity contribution in [2.75, 3.05) is 13.1 Å². The predicted octanol–water partition coefficient (Wildman–Crippen LogP) is 2.93. The molecule has 1 aliphatic carbocycles. The third-order valence-corrected chi connectivity index (χ3v) is 4.53. The topological polar surface area (TPSA) is 43.8 Å². The molecular formula is C16H21FN2O2. The van der Waals surface area contributed by atoms with Crippen LogP contribution in [0.3, 0.4) is 0 Å². The molecule has 1 saturated carbocycles. The number of carbonyl (C=O) groups is 1. The van der Waals surface area contributed by atoms with Crippen molar-refractivity contribution < 1.29 is 14.3 Å². The average molecular weight is 292 g/mol. The molecule has 5 heteroatoms. The highest BCUT2D eigenvalue weighted by molar-refractivity contribution is 5.65. The lowest BCUT2D eigenvalue weighted by Crippen LogP contribution is -2.47. The van der Waals surface area contributed by atoms with Gasteiger partial charge >= 0.3 is 6.09 Å². The zero-order valence-corrected chi connectivity index (χ0v) is 12.0. The fourth-order valence-corrected chi connectivity index (χ4v) is 3.17. The molecule has 2 aliphatic rings. The van der Waals surface area contributed by atoms with Gasteiger partial charge in [0.25, 0.3) is 0 Å². The molecule has 114 valence electrons. The van der Waals surface area contributed by atoms with Crippen LogP contribution in [0, 0.1) is 5.82 Å². The molecule has 0 aromatic heterocycles. The molecular weight excluding hydrogens is 271 g/mol. The highest BCUT2D eigenvalue weighted by Crippen LogP contribution is 2.33. The summed E-state index contributed by atoms with van der Waals surface area (Å²) in [6, 6.07) is 7.85. The number of amides is 1. The standard InChI is InChI=1S/C16H21FN2O2/c17-15-4-2-1-3-12(15)11-19(13-5-6-13)14-7-9-18(10-8-14)16(20)21/h1-4,13-14H,5-11H2,(H,20,21). The Morgan fingerprint density at radius 3 is 2.38 bits per heavy atom. The molecule has 2 fully saturated rings. The molecule has 3 rings (SSSR count). The summed E-state index contributed by atoms with van der Waals surface area (Å²) in [5.74, 6) is -0.147. The van der Waals surface area contributed by atoms with Crippen LogP contribution in [-0.4, -0.2) is 46.2 Å². The lowest BCUT2D eigenvalue weighted by molar-refractivity contribution is 0.0865. The minimum atomic E-state index is -0.833. The van der Waals surface area contributed by atoms with E-state index in [2.05, 4.69) is 4.90 Å². The second kappa shape index (κ2) is 6.02. The molecule has 0 radical (unpaired) electrons. The van der Waals surface area contributed by atoms with Gasteiger partial charge in [0.1, 0.15) is 5.82 Å². The quantitative estimate of drug-likeness (QED) is 0.928. The van der Waals surface area contributed by atoms with Gasteiger partial charge in [-0.1, -0.05) is 18.2 Å². The highest BCUT2D eigenvalue weighted by atomic mass is 19.1. The molecule has 1 N–H and O–H groups in total.